The lowest BCUT2D eigenvalue weighted by Gasteiger charge is -2.32. The molecule has 1 aliphatic rings. The number of hydrogen-bond donors (Lipinski definition) is 2. The Labute approximate surface area is 191 Å². The smallest absolute Gasteiger partial charge is 0.417 e. The third-order valence-electron chi connectivity index (χ3n) is 6.04. The van der Waals surface area contributed by atoms with Gasteiger partial charge in [-0.2, -0.15) is 17.6 Å². The van der Waals surface area contributed by atoms with E-state index in [1.54, 1.807) is 0 Å². The van der Waals surface area contributed by atoms with Gasteiger partial charge in [-0.3, -0.25) is 9.59 Å². The fourth-order valence-electron chi connectivity index (χ4n) is 4.12. The molecule has 2 amide bonds. The quantitative estimate of drug-likeness (QED) is 0.624. The molecule has 0 aliphatic carbocycles. The summed E-state index contributed by atoms with van der Waals surface area (Å²) >= 11 is 0. The first kappa shape index (κ1) is 25.3. The van der Waals surface area contributed by atoms with E-state index in [2.05, 4.69) is 10.3 Å². The average Bonchev–Trinajstić information content (AvgIpc) is 3.01. The van der Waals surface area contributed by atoms with Crippen molar-refractivity contribution in [3.63, 3.8) is 0 Å². The highest BCUT2D eigenvalue weighted by Gasteiger charge is 2.65. The molecule has 0 unspecified atom stereocenters. The Morgan fingerprint density at radius 1 is 1.24 bits per heavy atom. The summed E-state index contributed by atoms with van der Waals surface area (Å²) in [7, 11) is 1.03. The number of primary amides is 1. The number of nitrogens with two attached hydrogens (primary N) is 1. The number of alkyl halides is 3. The zero-order valence-corrected chi connectivity index (χ0v) is 18.6. The van der Waals surface area contributed by atoms with E-state index in [0.29, 0.717) is 5.69 Å². The number of nitrogens with zero attached hydrogens (tertiary/aromatic N) is 1. The van der Waals surface area contributed by atoms with Gasteiger partial charge in [0, 0.05) is 28.8 Å². The maximum Gasteiger partial charge on any atom is 0.417 e. The minimum Gasteiger partial charge on any atom is -0.493 e. The molecule has 184 valence electrons. The first-order chi connectivity index (χ1) is 15.7. The number of carbonyl (C=O) groups is 2. The lowest BCUT2D eigenvalue weighted by molar-refractivity contribution is -0.272. The molecule has 34 heavy (non-hydrogen) atoms. The molecule has 1 aromatic heterocycles. The van der Waals surface area contributed by atoms with Crippen molar-refractivity contribution in [2.24, 2.45) is 11.7 Å². The molecule has 1 saturated heterocycles. The number of methoxy groups -OCH3 is 1. The summed E-state index contributed by atoms with van der Waals surface area (Å²) in [4.78, 5) is 28.5. The zero-order chi connectivity index (χ0) is 25.6. The van der Waals surface area contributed by atoms with E-state index >= 15 is 0 Å². The maximum absolute atomic E-state index is 14.4. The number of hydrogen-bond acceptors (Lipinski definition) is 5. The molecule has 1 fully saturated rings. The number of amides is 2. The zero-order valence-electron chi connectivity index (χ0n) is 18.6. The molecule has 7 nitrogen and oxygen atoms in total. The van der Waals surface area contributed by atoms with Gasteiger partial charge in [-0.15, -0.1) is 0 Å². The summed E-state index contributed by atoms with van der Waals surface area (Å²) in [5.41, 5.74) is 2.45. The van der Waals surface area contributed by atoms with Crippen molar-refractivity contribution >= 4 is 17.5 Å². The van der Waals surface area contributed by atoms with Crippen LogP contribution < -0.4 is 15.8 Å². The molecule has 0 spiro atoms. The molecule has 0 bridgehead atoms. The molecule has 1 aromatic carbocycles. The Kier molecular flexibility index (Phi) is 6.57. The summed E-state index contributed by atoms with van der Waals surface area (Å²) in [6.07, 6.45) is -6.66. The van der Waals surface area contributed by atoms with E-state index in [1.807, 2.05) is 0 Å². The second-order valence-corrected chi connectivity index (χ2v) is 8.18. The SMILES string of the molecule is COc1c([C@@H]2[C@@H](C)[C@](C)(C(F)(F)F)O[C@H]2C(=O)Nc2cc(C)nc(C(N)=O)c2)ccc(F)c1F. The van der Waals surface area contributed by atoms with Gasteiger partial charge in [-0.1, -0.05) is 13.0 Å². The number of pyridine rings is 1. The van der Waals surface area contributed by atoms with Crippen LogP contribution in [0.25, 0.3) is 0 Å². The Balaban J connectivity index is 2.09. The predicted molar refractivity (Wildman–Crippen MR) is 110 cm³/mol. The number of nitrogens with one attached hydrogen (secondary N) is 1. The number of anilines is 1. The van der Waals surface area contributed by atoms with Crippen LogP contribution in [0.4, 0.5) is 27.6 Å². The van der Waals surface area contributed by atoms with Crippen molar-refractivity contribution in [2.75, 3.05) is 12.4 Å². The second kappa shape index (κ2) is 8.82. The van der Waals surface area contributed by atoms with Gasteiger partial charge in [-0.25, -0.2) is 9.37 Å². The molecule has 3 N–H and O–H groups in total. The van der Waals surface area contributed by atoms with Crippen molar-refractivity contribution in [1.82, 2.24) is 4.98 Å². The molecule has 0 radical (unpaired) electrons. The Morgan fingerprint density at radius 3 is 2.44 bits per heavy atom. The van der Waals surface area contributed by atoms with E-state index in [4.69, 9.17) is 15.2 Å². The fraction of sp³-hybridized carbons (Fsp3) is 0.409. The molecular weight excluding hydrogens is 465 g/mol. The number of ether oxygens (including phenoxy) is 2. The Hall–Kier alpha value is -3.28. The van der Waals surface area contributed by atoms with Crippen LogP contribution in [0.2, 0.25) is 0 Å². The molecular formula is C22H22F5N3O4. The molecule has 3 rings (SSSR count). The lowest BCUT2D eigenvalue weighted by Crippen LogP contribution is -2.47. The van der Waals surface area contributed by atoms with Crippen molar-refractivity contribution in [3.8, 4) is 5.75 Å². The minimum atomic E-state index is -4.89. The lowest BCUT2D eigenvalue weighted by atomic mass is 9.77. The van der Waals surface area contributed by atoms with Gasteiger partial charge in [0.25, 0.3) is 11.8 Å². The summed E-state index contributed by atoms with van der Waals surface area (Å²) < 4.78 is 80.3. The largest absolute Gasteiger partial charge is 0.493 e. The van der Waals surface area contributed by atoms with Crippen molar-refractivity contribution in [3.05, 3.63) is 52.9 Å². The van der Waals surface area contributed by atoms with E-state index in [0.717, 1.165) is 32.2 Å². The summed E-state index contributed by atoms with van der Waals surface area (Å²) in [5.74, 6) is -7.93. The normalized spacial score (nSPS) is 24.7. The molecule has 2 heterocycles. The number of aryl methyl sites for hydroxylation is 1. The van der Waals surface area contributed by atoms with E-state index in [9.17, 15) is 31.5 Å². The first-order valence-corrected chi connectivity index (χ1v) is 10.1. The van der Waals surface area contributed by atoms with E-state index in [-0.39, 0.29) is 16.9 Å². The maximum atomic E-state index is 14.4. The number of benzene rings is 1. The minimum absolute atomic E-state index is 0.0409. The van der Waals surface area contributed by atoms with Crippen LogP contribution in [-0.2, 0) is 9.53 Å². The first-order valence-electron chi connectivity index (χ1n) is 10.1. The fourth-order valence-corrected chi connectivity index (χ4v) is 4.12. The van der Waals surface area contributed by atoms with Crippen LogP contribution in [0.15, 0.2) is 24.3 Å². The van der Waals surface area contributed by atoms with Crippen LogP contribution >= 0.6 is 0 Å². The van der Waals surface area contributed by atoms with Crippen LogP contribution in [0, 0.1) is 24.5 Å². The van der Waals surface area contributed by atoms with Gasteiger partial charge >= 0.3 is 6.18 Å². The van der Waals surface area contributed by atoms with Crippen LogP contribution in [0.1, 0.15) is 41.5 Å². The van der Waals surface area contributed by atoms with Crippen molar-refractivity contribution in [1.29, 1.82) is 0 Å². The van der Waals surface area contributed by atoms with Gasteiger partial charge in [0.2, 0.25) is 5.82 Å². The highest BCUT2D eigenvalue weighted by atomic mass is 19.4. The van der Waals surface area contributed by atoms with Crippen LogP contribution in [-0.4, -0.2) is 41.8 Å². The monoisotopic (exact) mass is 487 g/mol. The highest BCUT2D eigenvalue weighted by Crippen LogP contribution is 2.55. The molecule has 4 atom stereocenters. The summed E-state index contributed by atoms with van der Waals surface area (Å²) in [6, 6.07) is 4.33. The van der Waals surface area contributed by atoms with E-state index < -0.39 is 58.9 Å². The molecule has 0 saturated carbocycles. The van der Waals surface area contributed by atoms with Crippen molar-refractivity contribution < 1.29 is 41.0 Å². The van der Waals surface area contributed by atoms with Gasteiger partial charge in [-0.05, 0) is 32.0 Å². The van der Waals surface area contributed by atoms with E-state index in [1.165, 1.54) is 19.9 Å². The third kappa shape index (κ3) is 4.29. The van der Waals surface area contributed by atoms with Gasteiger partial charge in [0.1, 0.15) is 11.8 Å². The van der Waals surface area contributed by atoms with Gasteiger partial charge < -0.3 is 20.5 Å². The van der Waals surface area contributed by atoms with Crippen LogP contribution in [0.3, 0.4) is 0 Å². The summed E-state index contributed by atoms with van der Waals surface area (Å²) in [6.45, 7) is 3.51. The Morgan fingerprint density at radius 2 is 1.88 bits per heavy atom. The standard InChI is InChI=1S/C22H22F5N3O4/c1-9-7-11(8-14(29-9)19(28)31)30-20(32)18-15(10(2)21(3,34-18)22(25,26)27)12-5-6-13(23)16(24)17(12)33-4/h5-8,10,15,18H,1-4H3,(H2,28,31)(H,29,30,32)/t10-,15+,18-,21-/m1/s1. The number of carbonyl (C=O) groups excluding carboxylic acids is 2. The topological polar surface area (TPSA) is 104 Å². The second-order valence-electron chi connectivity index (χ2n) is 8.18. The molecule has 12 heteroatoms. The van der Waals surface area contributed by atoms with Crippen molar-refractivity contribution in [2.45, 2.75) is 44.6 Å². The molecule has 1 aliphatic heterocycles. The summed E-state index contributed by atoms with van der Waals surface area (Å²) in [5, 5.41) is 2.41. The Bertz CT molecular complexity index is 1140. The predicted octanol–water partition coefficient (Wildman–Crippen LogP) is 3.85. The van der Waals surface area contributed by atoms with Crippen LogP contribution in [0.5, 0.6) is 5.75 Å². The van der Waals surface area contributed by atoms with Gasteiger partial charge in [0.05, 0.1) is 7.11 Å². The number of halogens is 5. The highest BCUT2D eigenvalue weighted by molar-refractivity contribution is 5.97. The van der Waals surface area contributed by atoms with Gasteiger partial charge in [0.15, 0.2) is 17.2 Å². The number of rotatable bonds is 5. The third-order valence-corrected chi connectivity index (χ3v) is 6.04. The number of aromatic nitrogens is 1. The molecule has 2 aromatic rings. The average molecular weight is 487 g/mol.